The minimum absolute atomic E-state index is 0.0618. The van der Waals surface area contributed by atoms with E-state index in [0.717, 1.165) is 17.2 Å². The van der Waals surface area contributed by atoms with Crippen molar-refractivity contribution < 1.29 is 5.11 Å². The van der Waals surface area contributed by atoms with Gasteiger partial charge in [-0.1, -0.05) is 0 Å². The fourth-order valence-corrected chi connectivity index (χ4v) is 1.70. The summed E-state index contributed by atoms with van der Waals surface area (Å²) < 4.78 is 0. The largest absolute Gasteiger partial charge is 0.389 e. The summed E-state index contributed by atoms with van der Waals surface area (Å²) in [5.74, 6) is 0. The number of nitrogens with zero attached hydrogens (tertiary/aromatic N) is 1. The monoisotopic (exact) mass is 214 g/mol. The standard InChI is InChI=1S/C10H18N2OS/c1-7-6-14-9(12-7)5-11-8(2)10(3,4)13/h6,8,11,13H,5H2,1-4H3. The van der Waals surface area contributed by atoms with Gasteiger partial charge in [-0.05, 0) is 27.7 Å². The molecule has 1 aromatic rings. The molecule has 0 aliphatic carbocycles. The van der Waals surface area contributed by atoms with Crippen molar-refractivity contribution in [3.05, 3.63) is 16.1 Å². The van der Waals surface area contributed by atoms with Gasteiger partial charge in [0.05, 0.1) is 5.60 Å². The summed E-state index contributed by atoms with van der Waals surface area (Å²) in [6, 6.07) is 0.0618. The Hall–Kier alpha value is -0.450. The quantitative estimate of drug-likeness (QED) is 0.802. The minimum atomic E-state index is -0.688. The van der Waals surface area contributed by atoms with E-state index < -0.39 is 5.60 Å². The van der Waals surface area contributed by atoms with E-state index in [4.69, 9.17) is 0 Å². The van der Waals surface area contributed by atoms with Gasteiger partial charge in [0.1, 0.15) is 5.01 Å². The average Bonchev–Trinajstić information content (AvgIpc) is 2.45. The van der Waals surface area contributed by atoms with Crippen LogP contribution in [0.5, 0.6) is 0 Å². The molecular weight excluding hydrogens is 196 g/mol. The van der Waals surface area contributed by atoms with Crippen LogP contribution < -0.4 is 5.32 Å². The molecule has 14 heavy (non-hydrogen) atoms. The zero-order valence-electron chi connectivity index (χ0n) is 9.16. The maximum absolute atomic E-state index is 9.69. The highest BCUT2D eigenvalue weighted by Gasteiger charge is 2.21. The van der Waals surface area contributed by atoms with E-state index in [-0.39, 0.29) is 6.04 Å². The molecule has 2 N–H and O–H groups in total. The van der Waals surface area contributed by atoms with Crippen LogP contribution in [0.1, 0.15) is 31.5 Å². The Kier molecular flexibility index (Phi) is 3.64. The molecule has 80 valence electrons. The van der Waals surface area contributed by atoms with E-state index in [2.05, 4.69) is 10.3 Å². The molecule has 3 nitrogen and oxygen atoms in total. The first-order chi connectivity index (χ1) is 6.39. The SMILES string of the molecule is Cc1csc(CNC(C)C(C)(C)O)n1. The van der Waals surface area contributed by atoms with Gasteiger partial charge in [0, 0.05) is 23.7 Å². The Bertz CT molecular complexity index is 291. The summed E-state index contributed by atoms with van der Waals surface area (Å²) in [6.45, 7) is 8.29. The van der Waals surface area contributed by atoms with Crippen molar-refractivity contribution in [1.82, 2.24) is 10.3 Å². The summed E-state index contributed by atoms with van der Waals surface area (Å²) in [5.41, 5.74) is 0.370. The molecule has 0 aliphatic rings. The second-order valence-corrected chi connectivity index (χ2v) is 5.08. The molecule has 0 radical (unpaired) electrons. The molecular formula is C10H18N2OS. The minimum Gasteiger partial charge on any atom is -0.389 e. The normalized spacial score (nSPS) is 14.4. The van der Waals surface area contributed by atoms with Gasteiger partial charge in [-0.2, -0.15) is 0 Å². The number of thiazole rings is 1. The Morgan fingerprint density at radius 1 is 1.64 bits per heavy atom. The molecule has 1 aromatic heterocycles. The number of hydrogen-bond acceptors (Lipinski definition) is 4. The lowest BCUT2D eigenvalue weighted by molar-refractivity contribution is 0.0437. The fourth-order valence-electron chi connectivity index (χ4n) is 0.974. The predicted octanol–water partition coefficient (Wildman–Crippen LogP) is 1.70. The van der Waals surface area contributed by atoms with E-state index in [1.54, 1.807) is 25.2 Å². The number of aryl methyl sites for hydroxylation is 1. The van der Waals surface area contributed by atoms with Crippen LogP contribution in [-0.2, 0) is 6.54 Å². The second kappa shape index (κ2) is 4.38. The summed E-state index contributed by atoms with van der Waals surface area (Å²) in [5, 5.41) is 16.0. The van der Waals surface area contributed by atoms with Crippen LogP contribution in [0.2, 0.25) is 0 Å². The van der Waals surface area contributed by atoms with Gasteiger partial charge < -0.3 is 10.4 Å². The van der Waals surface area contributed by atoms with Crippen molar-refractivity contribution in [2.45, 2.75) is 45.9 Å². The van der Waals surface area contributed by atoms with E-state index in [1.807, 2.05) is 19.2 Å². The van der Waals surface area contributed by atoms with Gasteiger partial charge in [-0.15, -0.1) is 11.3 Å². The first kappa shape index (κ1) is 11.6. The molecule has 1 atom stereocenters. The van der Waals surface area contributed by atoms with Crippen LogP contribution in [0.3, 0.4) is 0 Å². The zero-order valence-corrected chi connectivity index (χ0v) is 9.98. The molecule has 0 aromatic carbocycles. The number of rotatable bonds is 4. The topological polar surface area (TPSA) is 45.1 Å². The molecule has 0 spiro atoms. The smallest absolute Gasteiger partial charge is 0.107 e. The Morgan fingerprint density at radius 3 is 2.71 bits per heavy atom. The van der Waals surface area contributed by atoms with Crippen molar-refractivity contribution in [2.24, 2.45) is 0 Å². The van der Waals surface area contributed by atoms with Crippen LogP contribution in [0, 0.1) is 6.92 Å². The Balaban J connectivity index is 2.41. The van der Waals surface area contributed by atoms with Gasteiger partial charge in [0.25, 0.3) is 0 Å². The maximum atomic E-state index is 9.69. The second-order valence-electron chi connectivity index (χ2n) is 4.14. The molecule has 0 bridgehead atoms. The highest BCUT2D eigenvalue weighted by molar-refractivity contribution is 7.09. The van der Waals surface area contributed by atoms with Crippen molar-refractivity contribution >= 4 is 11.3 Å². The molecule has 0 saturated carbocycles. The Labute approximate surface area is 89.2 Å². The summed E-state index contributed by atoms with van der Waals surface area (Å²) in [4.78, 5) is 4.34. The van der Waals surface area contributed by atoms with Gasteiger partial charge >= 0.3 is 0 Å². The first-order valence-electron chi connectivity index (χ1n) is 4.76. The molecule has 0 aliphatic heterocycles. The fraction of sp³-hybridized carbons (Fsp3) is 0.700. The number of aliphatic hydroxyl groups is 1. The van der Waals surface area contributed by atoms with Gasteiger partial charge in [-0.25, -0.2) is 4.98 Å². The van der Waals surface area contributed by atoms with Crippen LogP contribution in [0.4, 0.5) is 0 Å². The average molecular weight is 214 g/mol. The summed E-state index contributed by atoms with van der Waals surface area (Å²) in [7, 11) is 0. The van der Waals surface area contributed by atoms with Gasteiger partial charge in [0.2, 0.25) is 0 Å². The van der Waals surface area contributed by atoms with Crippen molar-refractivity contribution in [3.63, 3.8) is 0 Å². The molecule has 1 unspecified atom stereocenters. The third-order valence-corrected chi connectivity index (χ3v) is 3.25. The van der Waals surface area contributed by atoms with Crippen molar-refractivity contribution in [1.29, 1.82) is 0 Å². The predicted molar refractivity (Wildman–Crippen MR) is 59.5 cm³/mol. The molecule has 0 amide bonds. The molecule has 1 heterocycles. The van der Waals surface area contributed by atoms with Crippen LogP contribution in [0.25, 0.3) is 0 Å². The van der Waals surface area contributed by atoms with E-state index in [0.29, 0.717) is 0 Å². The Morgan fingerprint density at radius 2 is 2.29 bits per heavy atom. The molecule has 0 fully saturated rings. The molecule has 0 saturated heterocycles. The van der Waals surface area contributed by atoms with Gasteiger partial charge in [-0.3, -0.25) is 0 Å². The third-order valence-electron chi connectivity index (χ3n) is 2.29. The summed E-state index contributed by atoms with van der Waals surface area (Å²) >= 11 is 1.65. The number of nitrogens with one attached hydrogen (secondary N) is 1. The summed E-state index contributed by atoms with van der Waals surface area (Å²) in [6.07, 6.45) is 0. The van der Waals surface area contributed by atoms with Crippen LogP contribution >= 0.6 is 11.3 Å². The third kappa shape index (κ3) is 3.36. The molecule has 4 heteroatoms. The number of hydrogen-bond donors (Lipinski definition) is 2. The highest BCUT2D eigenvalue weighted by atomic mass is 32.1. The van der Waals surface area contributed by atoms with Crippen LogP contribution in [0.15, 0.2) is 5.38 Å². The lowest BCUT2D eigenvalue weighted by Crippen LogP contribution is -2.44. The van der Waals surface area contributed by atoms with Crippen molar-refractivity contribution in [3.8, 4) is 0 Å². The van der Waals surface area contributed by atoms with E-state index in [1.165, 1.54) is 0 Å². The number of aromatic nitrogens is 1. The van der Waals surface area contributed by atoms with E-state index >= 15 is 0 Å². The lowest BCUT2D eigenvalue weighted by Gasteiger charge is -2.26. The highest BCUT2D eigenvalue weighted by Crippen LogP contribution is 2.11. The van der Waals surface area contributed by atoms with Crippen molar-refractivity contribution in [2.75, 3.05) is 0 Å². The first-order valence-corrected chi connectivity index (χ1v) is 5.64. The molecule has 1 rings (SSSR count). The van der Waals surface area contributed by atoms with Crippen LogP contribution in [-0.4, -0.2) is 21.7 Å². The maximum Gasteiger partial charge on any atom is 0.107 e. The van der Waals surface area contributed by atoms with Gasteiger partial charge in [0.15, 0.2) is 0 Å². The van der Waals surface area contributed by atoms with E-state index in [9.17, 15) is 5.11 Å². The zero-order chi connectivity index (χ0) is 10.8. The lowest BCUT2D eigenvalue weighted by atomic mass is 10.0.